The minimum Gasteiger partial charge on any atom is -0.491 e. The molecule has 0 atom stereocenters. The van der Waals surface area contributed by atoms with Crippen LogP contribution in [0.4, 0.5) is 0 Å². The van der Waals surface area contributed by atoms with E-state index in [1.165, 1.54) is 0 Å². The van der Waals surface area contributed by atoms with Crippen molar-refractivity contribution >= 4 is 0 Å². The van der Waals surface area contributed by atoms with Crippen LogP contribution in [0.15, 0.2) is 12.3 Å². The molecule has 0 saturated carbocycles. The molecule has 12 heavy (non-hydrogen) atoms. The Labute approximate surface area is 72.3 Å². The SMILES string of the molecule is CCCOc1ccn[c]c1OC. The Hall–Kier alpha value is -1.25. The van der Waals surface area contributed by atoms with Gasteiger partial charge in [0, 0.05) is 12.3 Å². The number of rotatable bonds is 4. The number of nitrogens with zero attached hydrogens (tertiary/aromatic N) is 1. The highest BCUT2D eigenvalue weighted by atomic mass is 16.5. The summed E-state index contributed by atoms with van der Waals surface area (Å²) < 4.78 is 10.4. The van der Waals surface area contributed by atoms with Crippen LogP contribution >= 0.6 is 0 Å². The Morgan fingerprint density at radius 3 is 3.08 bits per heavy atom. The van der Waals surface area contributed by atoms with Crippen molar-refractivity contribution in [3.63, 3.8) is 0 Å². The van der Waals surface area contributed by atoms with Gasteiger partial charge < -0.3 is 9.47 Å². The zero-order valence-corrected chi connectivity index (χ0v) is 7.33. The lowest BCUT2D eigenvalue weighted by molar-refractivity contribution is 0.293. The maximum Gasteiger partial charge on any atom is 0.188 e. The van der Waals surface area contributed by atoms with Crippen molar-refractivity contribution in [1.29, 1.82) is 0 Å². The molecule has 3 heteroatoms. The summed E-state index contributed by atoms with van der Waals surface area (Å²) in [4.78, 5) is 3.79. The molecular formula is C9H12NO2. The van der Waals surface area contributed by atoms with Gasteiger partial charge in [0.05, 0.1) is 13.7 Å². The zero-order chi connectivity index (χ0) is 8.81. The number of ether oxygens (including phenoxy) is 2. The fourth-order valence-electron chi connectivity index (χ4n) is 0.804. The van der Waals surface area contributed by atoms with E-state index in [-0.39, 0.29) is 0 Å². The van der Waals surface area contributed by atoms with E-state index in [0.29, 0.717) is 18.1 Å². The van der Waals surface area contributed by atoms with E-state index in [1.54, 1.807) is 19.4 Å². The topological polar surface area (TPSA) is 31.4 Å². The Morgan fingerprint density at radius 2 is 2.42 bits per heavy atom. The molecule has 0 aliphatic heterocycles. The summed E-state index contributed by atoms with van der Waals surface area (Å²) in [6, 6.07) is 1.77. The number of hydrogen-bond acceptors (Lipinski definition) is 3. The highest BCUT2D eigenvalue weighted by molar-refractivity contribution is 5.35. The number of pyridine rings is 1. The molecule has 0 aliphatic rings. The maximum absolute atomic E-state index is 5.38. The molecule has 0 N–H and O–H groups in total. The van der Waals surface area contributed by atoms with Gasteiger partial charge >= 0.3 is 0 Å². The Morgan fingerprint density at radius 1 is 1.58 bits per heavy atom. The minimum atomic E-state index is 0.561. The van der Waals surface area contributed by atoms with Gasteiger partial charge in [-0.05, 0) is 6.42 Å². The normalized spacial score (nSPS) is 9.50. The highest BCUT2D eigenvalue weighted by Crippen LogP contribution is 2.23. The molecule has 0 aromatic carbocycles. The van der Waals surface area contributed by atoms with E-state index in [4.69, 9.17) is 9.47 Å². The van der Waals surface area contributed by atoms with E-state index in [9.17, 15) is 0 Å². The van der Waals surface area contributed by atoms with E-state index in [1.807, 2.05) is 0 Å². The second-order valence-electron chi connectivity index (χ2n) is 2.30. The second kappa shape index (κ2) is 4.59. The first-order chi connectivity index (χ1) is 5.88. The molecule has 1 aromatic rings. The van der Waals surface area contributed by atoms with Gasteiger partial charge in [-0.2, -0.15) is 0 Å². The van der Waals surface area contributed by atoms with Crippen molar-refractivity contribution in [2.24, 2.45) is 0 Å². The average Bonchev–Trinajstić information content (AvgIpc) is 2.15. The van der Waals surface area contributed by atoms with E-state index < -0.39 is 0 Å². The number of hydrogen-bond donors (Lipinski definition) is 0. The lowest BCUT2D eigenvalue weighted by Gasteiger charge is -2.07. The summed E-state index contributed by atoms with van der Waals surface area (Å²) in [5, 5.41) is 0. The Bertz CT molecular complexity index is 238. The predicted molar refractivity (Wildman–Crippen MR) is 45.4 cm³/mol. The standard InChI is InChI=1S/C9H12NO2/c1-3-6-12-8-4-5-10-7-9(8)11-2/h4-5H,3,6H2,1-2H3. The molecule has 1 radical (unpaired) electrons. The van der Waals surface area contributed by atoms with Crippen molar-refractivity contribution < 1.29 is 9.47 Å². The van der Waals surface area contributed by atoms with Crippen LogP contribution in [-0.2, 0) is 0 Å². The minimum absolute atomic E-state index is 0.561. The molecule has 0 aliphatic carbocycles. The number of methoxy groups -OCH3 is 1. The molecule has 0 spiro atoms. The van der Waals surface area contributed by atoms with Gasteiger partial charge in [-0.25, -0.2) is 0 Å². The zero-order valence-electron chi connectivity index (χ0n) is 7.33. The third-order valence-electron chi connectivity index (χ3n) is 1.36. The first-order valence-corrected chi connectivity index (χ1v) is 3.92. The van der Waals surface area contributed by atoms with E-state index in [2.05, 4.69) is 18.1 Å². The average molecular weight is 166 g/mol. The monoisotopic (exact) mass is 166 g/mol. The summed E-state index contributed by atoms with van der Waals surface area (Å²) in [5.41, 5.74) is 0. The molecule has 1 heterocycles. The molecule has 3 nitrogen and oxygen atoms in total. The van der Waals surface area contributed by atoms with Gasteiger partial charge in [-0.3, -0.25) is 4.98 Å². The summed E-state index contributed by atoms with van der Waals surface area (Å²) >= 11 is 0. The van der Waals surface area contributed by atoms with Crippen LogP contribution in [0.1, 0.15) is 13.3 Å². The summed E-state index contributed by atoms with van der Waals surface area (Å²) in [6.45, 7) is 2.74. The number of aromatic nitrogens is 1. The van der Waals surface area contributed by atoms with Crippen molar-refractivity contribution in [2.45, 2.75) is 13.3 Å². The lowest BCUT2D eigenvalue weighted by atomic mass is 10.4. The highest BCUT2D eigenvalue weighted by Gasteiger charge is 2.01. The second-order valence-corrected chi connectivity index (χ2v) is 2.30. The van der Waals surface area contributed by atoms with Gasteiger partial charge in [0.2, 0.25) is 0 Å². The van der Waals surface area contributed by atoms with E-state index in [0.717, 1.165) is 6.42 Å². The lowest BCUT2D eigenvalue weighted by Crippen LogP contribution is -1.97. The van der Waals surface area contributed by atoms with Gasteiger partial charge in [-0.15, -0.1) is 0 Å². The molecule has 0 fully saturated rings. The van der Waals surface area contributed by atoms with Crippen LogP contribution in [0.25, 0.3) is 0 Å². The largest absolute Gasteiger partial charge is 0.491 e. The Balaban J connectivity index is 2.68. The predicted octanol–water partition coefficient (Wildman–Crippen LogP) is 1.68. The molecule has 1 aromatic heterocycles. The van der Waals surface area contributed by atoms with Gasteiger partial charge in [-0.1, -0.05) is 6.92 Å². The Kier molecular flexibility index (Phi) is 3.38. The smallest absolute Gasteiger partial charge is 0.188 e. The third kappa shape index (κ3) is 2.12. The van der Waals surface area contributed by atoms with E-state index >= 15 is 0 Å². The van der Waals surface area contributed by atoms with Crippen LogP contribution in [0, 0.1) is 6.20 Å². The van der Waals surface area contributed by atoms with Crippen molar-refractivity contribution in [3.05, 3.63) is 18.5 Å². The summed E-state index contributed by atoms with van der Waals surface area (Å²) in [7, 11) is 1.58. The molecule has 0 unspecified atom stereocenters. The fraction of sp³-hybridized carbons (Fsp3) is 0.444. The van der Waals surface area contributed by atoms with Crippen molar-refractivity contribution in [2.75, 3.05) is 13.7 Å². The quantitative estimate of drug-likeness (QED) is 0.682. The van der Waals surface area contributed by atoms with Crippen molar-refractivity contribution in [3.8, 4) is 11.5 Å². The first kappa shape index (κ1) is 8.84. The van der Waals surface area contributed by atoms with Crippen LogP contribution in [0.5, 0.6) is 11.5 Å². The molecule has 0 amide bonds. The van der Waals surface area contributed by atoms with Crippen LogP contribution in [-0.4, -0.2) is 18.7 Å². The molecule has 1 rings (SSSR count). The van der Waals surface area contributed by atoms with Gasteiger partial charge in [0.25, 0.3) is 0 Å². The first-order valence-electron chi connectivity index (χ1n) is 3.92. The van der Waals surface area contributed by atoms with Crippen LogP contribution < -0.4 is 9.47 Å². The fourth-order valence-corrected chi connectivity index (χ4v) is 0.804. The maximum atomic E-state index is 5.38. The van der Waals surface area contributed by atoms with Crippen LogP contribution in [0.2, 0.25) is 0 Å². The molecular weight excluding hydrogens is 154 g/mol. The van der Waals surface area contributed by atoms with Crippen LogP contribution in [0.3, 0.4) is 0 Å². The van der Waals surface area contributed by atoms with Gasteiger partial charge in [0.15, 0.2) is 11.5 Å². The van der Waals surface area contributed by atoms with Gasteiger partial charge in [0.1, 0.15) is 6.20 Å². The molecule has 65 valence electrons. The summed E-state index contributed by atoms with van der Waals surface area (Å²) in [6.07, 6.45) is 5.31. The van der Waals surface area contributed by atoms with Crippen molar-refractivity contribution in [1.82, 2.24) is 4.98 Å². The molecule has 0 bridgehead atoms. The third-order valence-corrected chi connectivity index (χ3v) is 1.36. The molecule has 0 saturated heterocycles. The summed E-state index contributed by atoms with van der Waals surface area (Å²) in [5.74, 6) is 1.26.